The first-order chi connectivity index (χ1) is 14.5. The lowest BCUT2D eigenvalue weighted by Crippen LogP contribution is -1.97. The first kappa shape index (κ1) is 20.1. The second-order valence-corrected chi connectivity index (χ2v) is 8.08. The van der Waals surface area contributed by atoms with Crippen LogP contribution in [-0.4, -0.2) is 21.6 Å². The standard InChI is InChI=1S/C21H13Cl2N5OS/c1-28-11-25-10-13(28)3-4-14-5-18-21(30-14)20(12(8-24)9-26-18)27-17-7-19(29-2)16(23)6-15(17)22/h5-7,9-11H,1-2H3,(H,26,27). The molecule has 3 heterocycles. The number of anilines is 2. The summed E-state index contributed by atoms with van der Waals surface area (Å²) in [6.45, 7) is 0. The number of benzene rings is 1. The molecule has 6 nitrogen and oxygen atoms in total. The van der Waals surface area contributed by atoms with Gasteiger partial charge in [-0.25, -0.2) is 4.98 Å². The van der Waals surface area contributed by atoms with Crippen molar-refractivity contribution in [3.05, 3.63) is 63.1 Å². The molecule has 0 amide bonds. The van der Waals surface area contributed by atoms with Gasteiger partial charge in [-0.3, -0.25) is 4.98 Å². The van der Waals surface area contributed by atoms with Crippen LogP contribution in [0.15, 0.2) is 36.9 Å². The number of aromatic nitrogens is 3. The largest absolute Gasteiger partial charge is 0.495 e. The minimum atomic E-state index is 0.389. The highest BCUT2D eigenvalue weighted by Crippen LogP contribution is 2.39. The Morgan fingerprint density at radius 2 is 2.00 bits per heavy atom. The fourth-order valence-electron chi connectivity index (χ4n) is 2.77. The molecular formula is C21H13Cl2N5OS. The summed E-state index contributed by atoms with van der Waals surface area (Å²) in [5, 5.41) is 13.6. The summed E-state index contributed by atoms with van der Waals surface area (Å²) in [7, 11) is 3.41. The van der Waals surface area contributed by atoms with Crippen LogP contribution in [0.2, 0.25) is 10.0 Å². The number of imidazole rings is 1. The van der Waals surface area contributed by atoms with Gasteiger partial charge in [0.25, 0.3) is 0 Å². The first-order valence-electron chi connectivity index (χ1n) is 8.61. The molecule has 0 aliphatic rings. The third-order valence-electron chi connectivity index (χ3n) is 4.29. The van der Waals surface area contributed by atoms with Crippen LogP contribution in [0.1, 0.15) is 16.1 Å². The maximum atomic E-state index is 9.59. The normalized spacial score (nSPS) is 10.4. The number of hydrogen-bond donors (Lipinski definition) is 1. The second-order valence-electron chi connectivity index (χ2n) is 6.22. The molecule has 4 aromatic rings. The van der Waals surface area contributed by atoms with Crippen LogP contribution in [0.25, 0.3) is 10.2 Å². The highest BCUT2D eigenvalue weighted by Gasteiger charge is 2.15. The molecule has 0 aliphatic carbocycles. The second kappa shape index (κ2) is 8.25. The Balaban J connectivity index is 1.80. The highest BCUT2D eigenvalue weighted by atomic mass is 35.5. The molecule has 9 heteroatoms. The molecule has 0 saturated heterocycles. The van der Waals surface area contributed by atoms with Gasteiger partial charge in [0, 0.05) is 19.3 Å². The third-order valence-corrected chi connectivity index (χ3v) is 5.96. The molecule has 0 bridgehead atoms. The van der Waals surface area contributed by atoms with Gasteiger partial charge in [0.2, 0.25) is 0 Å². The number of hydrogen-bond acceptors (Lipinski definition) is 6. The summed E-state index contributed by atoms with van der Waals surface area (Å²) in [6.07, 6.45) is 4.92. The summed E-state index contributed by atoms with van der Waals surface area (Å²) in [6, 6.07) is 7.34. The Morgan fingerprint density at radius 1 is 1.17 bits per heavy atom. The van der Waals surface area contributed by atoms with E-state index < -0.39 is 0 Å². The summed E-state index contributed by atoms with van der Waals surface area (Å²) in [5.41, 5.74) is 3.09. The van der Waals surface area contributed by atoms with E-state index in [2.05, 4.69) is 33.2 Å². The molecule has 0 fully saturated rings. The molecular weight excluding hydrogens is 441 g/mol. The van der Waals surface area contributed by atoms with E-state index in [0.29, 0.717) is 32.7 Å². The van der Waals surface area contributed by atoms with Crippen molar-refractivity contribution >= 4 is 56.1 Å². The van der Waals surface area contributed by atoms with E-state index in [4.69, 9.17) is 27.9 Å². The maximum absolute atomic E-state index is 9.59. The molecule has 3 aromatic heterocycles. The number of fused-ring (bicyclic) bond motifs is 1. The van der Waals surface area contributed by atoms with E-state index in [1.807, 2.05) is 17.7 Å². The predicted molar refractivity (Wildman–Crippen MR) is 120 cm³/mol. The summed E-state index contributed by atoms with van der Waals surface area (Å²) in [5.74, 6) is 6.70. The highest BCUT2D eigenvalue weighted by molar-refractivity contribution is 7.20. The SMILES string of the molecule is COc1cc(Nc2c(C#N)cnc3cc(C#Cc4cncn4C)sc23)c(Cl)cc1Cl. The lowest BCUT2D eigenvalue weighted by Gasteiger charge is -2.13. The summed E-state index contributed by atoms with van der Waals surface area (Å²) in [4.78, 5) is 9.27. The number of methoxy groups -OCH3 is 1. The van der Waals surface area contributed by atoms with E-state index in [1.165, 1.54) is 24.6 Å². The van der Waals surface area contributed by atoms with Crippen molar-refractivity contribution in [2.24, 2.45) is 7.05 Å². The minimum absolute atomic E-state index is 0.389. The van der Waals surface area contributed by atoms with E-state index in [9.17, 15) is 5.26 Å². The molecule has 0 spiro atoms. The van der Waals surface area contributed by atoms with E-state index in [1.54, 1.807) is 24.7 Å². The molecule has 0 radical (unpaired) electrons. The van der Waals surface area contributed by atoms with Crippen LogP contribution in [0, 0.1) is 23.2 Å². The number of halogens is 2. The zero-order valence-corrected chi connectivity index (χ0v) is 18.2. The van der Waals surface area contributed by atoms with Crippen molar-refractivity contribution in [3.63, 3.8) is 0 Å². The number of pyridine rings is 1. The zero-order valence-electron chi connectivity index (χ0n) is 15.8. The number of aryl methyl sites for hydroxylation is 1. The topological polar surface area (TPSA) is 75.8 Å². The van der Waals surface area contributed by atoms with E-state index in [-0.39, 0.29) is 0 Å². The zero-order chi connectivity index (χ0) is 21.3. The van der Waals surface area contributed by atoms with E-state index in [0.717, 1.165) is 20.8 Å². The minimum Gasteiger partial charge on any atom is -0.495 e. The predicted octanol–water partition coefficient (Wildman–Crippen LogP) is 5.36. The average Bonchev–Trinajstić information content (AvgIpc) is 3.34. The number of rotatable bonds is 3. The monoisotopic (exact) mass is 453 g/mol. The van der Waals surface area contributed by atoms with Gasteiger partial charge in [0.05, 0.1) is 61.7 Å². The Bertz CT molecular complexity index is 1370. The number of nitrogens with one attached hydrogen (secondary N) is 1. The Morgan fingerprint density at radius 3 is 2.70 bits per heavy atom. The van der Waals surface area contributed by atoms with Crippen LogP contribution in [0.3, 0.4) is 0 Å². The Kier molecular flexibility index (Phi) is 5.52. The van der Waals surface area contributed by atoms with Gasteiger partial charge in [0.1, 0.15) is 17.5 Å². The van der Waals surface area contributed by atoms with Crippen molar-refractivity contribution in [1.82, 2.24) is 14.5 Å². The van der Waals surface area contributed by atoms with Crippen molar-refractivity contribution in [1.29, 1.82) is 5.26 Å². The fourth-order valence-corrected chi connectivity index (χ4v) is 4.25. The van der Waals surface area contributed by atoms with Gasteiger partial charge in [-0.05, 0) is 24.0 Å². The van der Waals surface area contributed by atoms with E-state index >= 15 is 0 Å². The maximum Gasteiger partial charge on any atom is 0.139 e. The van der Waals surface area contributed by atoms with Gasteiger partial charge >= 0.3 is 0 Å². The smallest absolute Gasteiger partial charge is 0.139 e. The number of nitrogens with zero attached hydrogens (tertiary/aromatic N) is 4. The van der Waals surface area contributed by atoms with Crippen LogP contribution in [0.4, 0.5) is 11.4 Å². The molecule has 0 atom stereocenters. The number of thiophene rings is 1. The Labute approximate surface area is 186 Å². The van der Waals surface area contributed by atoms with Gasteiger partial charge in [-0.2, -0.15) is 5.26 Å². The lowest BCUT2D eigenvalue weighted by molar-refractivity contribution is 0.415. The lowest BCUT2D eigenvalue weighted by atomic mass is 10.2. The molecule has 30 heavy (non-hydrogen) atoms. The fraction of sp³-hybridized carbons (Fsp3) is 0.0952. The van der Waals surface area contributed by atoms with Crippen molar-refractivity contribution in [2.75, 3.05) is 12.4 Å². The molecule has 0 aliphatic heterocycles. The molecule has 4 rings (SSSR count). The van der Waals surface area contributed by atoms with Crippen molar-refractivity contribution in [3.8, 4) is 23.7 Å². The van der Waals surface area contributed by atoms with Crippen molar-refractivity contribution in [2.45, 2.75) is 0 Å². The molecule has 0 unspecified atom stereocenters. The van der Waals surface area contributed by atoms with Gasteiger partial charge in [0.15, 0.2) is 0 Å². The molecule has 0 saturated carbocycles. The van der Waals surface area contributed by atoms with Crippen LogP contribution >= 0.6 is 34.5 Å². The van der Waals surface area contributed by atoms with Gasteiger partial charge in [-0.15, -0.1) is 11.3 Å². The van der Waals surface area contributed by atoms with Crippen LogP contribution in [-0.2, 0) is 7.05 Å². The number of nitriles is 1. The average molecular weight is 454 g/mol. The summed E-state index contributed by atoms with van der Waals surface area (Å²) < 4.78 is 7.91. The van der Waals surface area contributed by atoms with Gasteiger partial charge in [-0.1, -0.05) is 23.2 Å². The van der Waals surface area contributed by atoms with Crippen LogP contribution < -0.4 is 10.1 Å². The summed E-state index contributed by atoms with van der Waals surface area (Å²) >= 11 is 13.9. The third kappa shape index (κ3) is 3.79. The molecule has 148 valence electrons. The van der Waals surface area contributed by atoms with Crippen molar-refractivity contribution < 1.29 is 4.74 Å². The van der Waals surface area contributed by atoms with Crippen LogP contribution in [0.5, 0.6) is 5.75 Å². The molecule has 1 aromatic carbocycles. The van der Waals surface area contributed by atoms with Gasteiger partial charge < -0.3 is 14.6 Å². The first-order valence-corrected chi connectivity index (χ1v) is 10.2. The Hall–Kier alpha value is -3.23. The number of ether oxygens (including phenoxy) is 1. The molecule has 1 N–H and O–H groups in total. The quantitative estimate of drug-likeness (QED) is 0.422.